The summed E-state index contributed by atoms with van der Waals surface area (Å²) in [6, 6.07) is 16.5. The van der Waals surface area contributed by atoms with Crippen LogP contribution in [0.25, 0.3) is 5.69 Å². The average Bonchev–Trinajstić information content (AvgIpc) is 3.09. The molecule has 0 radical (unpaired) electrons. The lowest BCUT2D eigenvalue weighted by Gasteiger charge is -2.36. The predicted molar refractivity (Wildman–Crippen MR) is 108 cm³/mol. The summed E-state index contributed by atoms with van der Waals surface area (Å²) >= 11 is 0. The molecule has 0 spiro atoms. The Kier molecular flexibility index (Phi) is 4.86. The standard InChI is InChI=1S/C22H23FN4O/c1-16-6-5-7-18(14-16)25-10-12-26(13-11-25)22(28)21-15-17(2)24-27(21)20-9-4-3-8-19(20)23/h3-9,14-15H,10-13H2,1-2H3. The molecule has 0 unspecified atom stereocenters. The number of hydrogen-bond acceptors (Lipinski definition) is 3. The summed E-state index contributed by atoms with van der Waals surface area (Å²) in [6.45, 7) is 6.66. The monoisotopic (exact) mass is 378 g/mol. The minimum Gasteiger partial charge on any atom is -0.368 e. The Bertz CT molecular complexity index is 1010. The molecule has 0 saturated carbocycles. The third-order valence-corrected chi connectivity index (χ3v) is 5.06. The summed E-state index contributed by atoms with van der Waals surface area (Å²) in [7, 11) is 0. The van der Waals surface area contributed by atoms with Crippen LogP contribution in [0.4, 0.5) is 10.1 Å². The number of aryl methyl sites for hydroxylation is 2. The van der Waals surface area contributed by atoms with E-state index in [4.69, 9.17) is 0 Å². The van der Waals surface area contributed by atoms with Gasteiger partial charge in [-0.1, -0.05) is 24.3 Å². The van der Waals surface area contributed by atoms with Gasteiger partial charge in [-0.15, -0.1) is 0 Å². The zero-order chi connectivity index (χ0) is 19.7. The quantitative estimate of drug-likeness (QED) is 0.699. The summed E-state index contributed by atoms with van der Waals surface area (Å²) in [5.41, 5.74) is 3.77. The Hall–Kier alpha value is -3.15. The number of halogens is 1. The molecule has 0 aliphatic carbocycles. The molecule has 2 heterocycles. The maximum absolute atomic E-state index is 14.2. The predicted octanol–water partition coefficient (Wildman–Crippen LogP) is 3.59. The molecule has 5 nitrogen and oxygen atoms in total. The van der Waals surface area contributed by atoms with Crippen LogP contribution in [-0.4, -0.2) is 46.8 Å². The molecule has 1 aromatic heterocycles. The van der Waals surface area contributed by atoms with Crippen LogP contribution in [0.1, 0.15) is 21.7 Å². The lowest BCUT2D eigenvalue weighted by atomic mass is 10.2. The molecule has 1 saturated heterocycles. The van der Waals surface area contributed by atoms with Crippen LogP contribution in [0.15, 0.2) is 54.6 Å². The van der Waals surface area contributed by atoms with Crippen molar-refractivity contribution in [3.05, 3.63) is 77.4 Å². The molecule has 2 aromatic carbocycles. The minimum atomic E-state index is -0.399. The van der Waals surface area contributed by atoms with Crippen LogP contribution in [0.3, 0.4) is 0 Å². The molecule has 1 fully saturated rings. The smallest absolute Gasteiger partial charge is 0.272 e. The van der Waals surface area contributed by atoms with Gasteiger partial charge in [0.25, 0.3) is 5.91 Å². The minimum absolute atomic E-state index is 0.118. The van der Waals surface area contributed by atoms with E-state index in [1.165, 1.54) is 22.0 Å². The normalized spacial score (nSPS) is 14.4. The van der Waals surface area contributed by atoms with E-state index >= 15 is 0 Å². The first-order valence-electron chi connectivity index (χ1n) is 9.45. The van der Waals surface area contributed by atoms with Gasteiger partial charge in [-0.3, -0.25) is 4.79 Å². The molecule has 28 heavy (non-hydrogen) atoms. The first-order chi connectivity index (χ1) is 13.5. The third-order valence-electron chi connectivity index (χ3n) is 5.06. The Balaban J connectivity index is 1.53. The van der Waals surface area contributed by atoms with Crippen molar-refractivity contribution in [1.29, 1.82) is 0 Å². The van der Waals surface area contributed by atoms with Gasteiger partial charge >= 0.3 is 0 Å². The summed E-state index contributed by atoms with van der Waals surface area (Å²) in [4.78, 5) is 17.2. The maximum Gasteiger partial charge on any atom is 0.272 e. The van der Waals surface area contributed by atoms with E-state index in [0.717, 1.165) is 13.1 Å². The second-order valence-electron chi connectivity index (χ2n) is 7.15. The summed E-state index contributed by atoms with van der Waals surface area (Å²) in [5, 5.41) is 4.35. The van der Waals surface area contributed by atoms with Gasteiger partial charge in [0.1, 0.15) is 17.2 Å². The Morgan fingerprint density at radius 1 is 0.964 bits per heavy atom. The zero-order valence-corrected chi connectivity index (χ0v) is 16.1. The van der Waals surface area contributed by atoms with Crippen LogP contribution in [0.2, 0.25) is 0 Å². The van der Waals surface area contributed by atoms with Gasteiger partial charge in [0.05, 0.1) is 5.69 Å². The van der Waals surface area contributed by atoms with Crippen LogP contribution < -0.4 is 4.90 Å². The summed E-state index contributed by atoms with van der Waals surface area (Å²) in [5.74, 6) is -0.517. The largest absolute Gasteiger partial charge is 0.368 e. The van der Waals surface area contributed by atoms with Crippen LogP contribution in [0.5, 0.6) is 0 Å². The van der Waals surface area contributed by atoms with Crippen LogP contribution in [0, 0.1) is 19.7 Å². The number of aromatic nitrogens is 2. The maximum atomic E-state index is 14.2. The highest BCUT2D eigenvalue weighted by Gasteiger charge is 2.26. The van der Waals surface area contributed by atoms with Gasteiger partial charge in [-0.05, 0) is 49.7 Å². The number of carbonyl (C=O) groups is 1. The Morgan fingerprint density at radius 2 is 1.71 bits per heavy atom. The highest BCUT2D eigenvalue weighted by atomic mass is 19.1. The molecular formula is C22H23FN4O. The molecule has 0 atom stereocenters. The van der Waals surface area contributed by atoms with Gasteiger partial charge in [-0.2, -0.15) is 5.10 Å². The van der Waals surface area contributed by atoms with Crippen molar-refractivity contribution in [2.24, 2.45) is 0 Å². The van der Waals surface area contributed by atoms with Crippen LogP contribution >= 0.6 is 0 Å². The summed E-state index contributed by atoms with van der Waals surface area (Å²) < 4.78 is 15.7. The van der Waals surface area contributed by atoms with Crippen molar-refractivity contribution < 1.29 is 9.18 Å². The third kappa shape index (κ3) is 3.50. The second kappa shape index (κ2) is 7.46. The summed E-state index contributed by atoms with van der Waals surface area (Å²) in [6.07, 6.45) is 0. The van der Waals surface area contributed by atoms with Crippen molar-refractivity contribution in [2.45, 2.75) is 13.8 Å². The van der Waals surface area contributed by atoms with Gasteiger partial charge in [0.2, 0.25) is 0 Å². The van der Waals surface area contributed by atoms with E-state index in [1.807, 2.05) is 11.8 Å². The van der Waals surface area contributed by atoms with E-state index < -0.39 is 5.82 Å². The fraction of sp³-hybridized carbons (Fsp3) is 0.273. The number of anilines is 1. The second-order valence-corrected chi connectivity index (χ2v) is 7.15. The number of benzene rings is 2. The molecule has 0 N–H and O–H groups in total. The lowest BCUT2D eigenvalue weighted by molar-refractivity contribution is 0.0737. The number of rotatable bonds is 3. The fourth-order valence-electron chi connectivity index (χ4n) is 3.61. The number of amides is 1. The van der Waals surface area contributed by atoms with Crippen molar-refractivity contribution in [1.82, 2.24) is 14.7 Å². The van der Waals surface area contributed by atoms with E-state index in [2.05, 4.69) is 41.2 Å². The number of piperazine rings is 1. The molecule has 6 heteroatoms. The van der Waals surface area contributed by atoms with Gasteiger partial charge in [0, 0.05) is 31.9 Å². The molecule has 1 aliphatic rings. The first kappa shape index (κ1) is 18.2. The lowest BCUT2D eigenvalue weighted by Crippen LogP contribution is -2.49. The SMILES string of the molecule is Cc1cccc(N2CCN(C(=O)c3cc(C)nn3-c3ccccc3F)CC2)c1. The van der Waals surface area contributed by atoms with Gasteiger partial charge < -0.3 is 9.80 Å². The molecule has 3 aromatic rings. The molecule has 144 valence electrons. The van der Waals surface area contributed by atoms with E-state index in [1.54, 1.807) is 24.3 Å². The highest BCUT2D eigenvalue weighted by Crippen LogP contribution is 2.21. The molecule has 1 amide bonds. The van der Waals surface area contributed by atoms with Crippen molar-refractivity contribution in [3.8, 4) is 5.69 Å². The van der Waals surface area contributed by atoms with Gasteiger partial charge in [0.15, 0.2) is 0 Å². The van der Waals surface area contributed by atoms with Crippen molar-refractivity contribution >= 4 is 11.6 Å². The average molecular weight is 378 g/mol. The zero-order valence-electron chi connectivity index (χ0n) is 16.1. The first-order valence-corrected chi connectivity index (χ1v) is 9.45. The fourth-order valence-corrected chi connectivity index (χ4v) is 3.61. The number of nitrogens with zero attached hydrogens (tertiary/aromatic N) is 4. The molecular weight excluding hydrogens is 355 g/mol. The van der Waals surface area contributed by atoms with E-state index in [0.29, 0.717) is 24.5 Å². The van der Waals surface area contributed by atoms with Crippen molar-refractivity contribution in [3.63, 3.8) is 0 Å². The molecule has 1 aliphatic heterocycles. The number of carbonyl (C=O) groups excluding carboxylic acids is 1. The van der Waals surface area contributed by atoms with Gasteiger partial charge in [-0.25, -0.2) is 9.07 Å². The Morgan fingerprint density at radius 3 is 2.43 bits per heavy atom. The number of para-hydroxylation sites is 1. The van der Waals surface area contributed by atoms with E-state index in [9.17, 15) is 9.18 Å². The topological polar surface area (TPSA) is 41.4 Å². The molecule has 0 bridgehead atoms. The Labute approximate surface area is 164 Å². The van der Waals surface area contributed by atoms with Crippen molar-refractivity contribution in [2.75, 3.05) is 31.1 Å². The van der Waals surface area contributed by atoms with Crippen LogP contribution in [-0.2, 0) is 0 Å². The van der Waals surface area contributed by atoms with E-state index in [-0.39, 0.29) is 11.6 Å². The molecule has 4 rings (SSSR count). The number of hydrogen-bond donors (Lipinski definition) is 0. The highest BCUT2D eigenvalue weighted by molar-refractivity contribution is 5.93.